The number of aliphatic hydroxyl groups excluding tert-OH is 2. The lowest BCUT2D eigenvalue weighted by Gasteiger charge is -2.45. The summed E-state index contributed by atoms with van der Waals surface area (Å²) in [5.74, 6) is -11.7. The highest BCUT2D eigenvalue weighted by Crippen LogP contribution is 2.50. The molecule has 10 rings (SSSR count). The van der Waals surface area contributed by atoms with E-state index in [2.05, 4.69) is 10.6 Å². The maximum Gasteiger partial charge on any atom is 0.341 e. The van der Waals surface area contributed by atoms with Crippen molar-refractivity contribution in [1.29, 1.82) is 0 Å². The zero-order valence-corrected chi connectivity index (χ0v) is 47.0. The number of nitrogens with one attached hydrogen (secondary N) is 2. The molecule has 3 fully saturated rings. The van der Waals surface area contributed by atoms with Gasteiger partial charge in [0.2, 0.25) is 17.0 Å². The number of benzene rings is 2. The van der Waals surface area contributed by atoms with E-state index in [-0.39, 0.29) is 76.2 Å². The Kier molecular flexibility index (Phi) is 16.2. The average molecular weight is 1120 g/mol. The second-order valence-corrected chi connectivity index (χ2v) is 22.5. The number of anilines is 1. The van der Waals surface area contributed by atoms with Crippen molar-refractivity contribution in [1.82, 2.24) is 20.1 Å². The molecule has 434 valence electrons. The van der Waals surface area contributed by atoms with Gasteiger partial charge in [0, 0.05) is 106 Å². The quantitative estimate of drug-likeness (QED) is 0.146. The molecule has 5 aliphatic heterocycles. The molecule has 3 aromatic rings. The number of fused-ring (bicyclic) bond motifs is 15. The van der Waals surface area contributed by atoms with Crippen LogP contribution in [0.15, 0.2) is 64.6 Å². The fourth-order valence-electron chi connectivity index (χ4n) is 12.1. The number of piperidine rings is 1. The number of aromatic hydroxyl groups is 1. The van der Waals surface area contributed by atoms with E-state index in [0.717, 1.165) is 25.2 Å². The van der Waals surface area contributed by atoms with Gasteiger partial charge >= 0.3 is 17.7 Å². The predicted octanol–water partition coefficient (Wildman–Crippen LogP) is 5.40. The number of esters is 1. The molecule has 21 nitrogen and oxygen atoms in total. The summed E-state index contributed by atoms with van der Waals surface area (Å²) in [6, 6.07) is 0.725. The summed E-state index contributed by atoms with van der Waals surface area (Å²) >= 11 is 0. The van der Waals surface area contributed by atoms with E-state index in [0.29, 0.717) is 31.4 Å². The summed E-state index contributed by atoms with van der Waals surface area (Å²) in [4.78, 5) is 100. The molecular weight excluding hydrogens is 1050 g/mol. The molecule has 6 N–H and O–H groups in total. The maximum absolute atomic E-state index is 16.1. The standard InChI is InChI=1S/C59H70FN5O16/c1-26-12-11-13-27(2)57(74)62-43-46(63-19-16-33(17-20-63)61-34-23-64(24-34)45-38(60)22-36-44(55(45)78-10)65(35-14-15-35)25-37(50(36)70)58(75)76)52(72)40-41(51(43)71)49(69)31(6)54-42(40)56(73)59(8,81-54)79-21-18-39(77-9)28(3)53(80-32(7)66)30(5)48(68)29(4)47(26)67/h11-13,18,21-22,25-26,28-30,33-35,39,47-48,53,61,67-69H,14-17,19-20,23-24H2,1-10H3,(H,62,74)(H,75,76)/b12-11+,21-18+,27-13-/t26-,28+,29+,30+,39-,47-,48+,53+,59-/m0/s1. The van der Waals surface area contributed by atoms with Crippen molar-refractivity contribution in [2.75, 3.05) is 45.3 Å². The van der Waals surface area contributed by atoms with Crippen LogP contribution in [-0.4, -0.2) is 148 Å². The van der Waals surface area contributed by atoms with Gasteiger partial charge in [-0.25, -0.2) is 9.18 Å². The summed E-state index contributed by atoms with van der Waals surface area (Å²) in [7, 11) is 2.79. The van der Waals surface area contributed by atoms with Crippen molar-refractivity contribution in [3.05, 3.63) is 104 Å². The Morgan fingerprint density at radius 3 is 2.17 bits per heavy atom. The van der Waals surface area contributed by atoms with Crippen LogP contribution in [0.2, 0.25) is 0 Å². The number of carbonyl (C=O) groups excluding carboxylic acids is 5. The lowest BCUT2D eigenvalue weighted by molar-refractivity contribution is -0.160. The van der Waals surface area contributed by atoms with Crippen LogP contribution in [0.3, 0.4) is 0 Å². The van der Waals surface area contributed by atoms with Gasteiger partial charge in [0.25, 0.3) is 11.7 Å². The number of ether oxygens (including phenoxy) is 5. The average Bonchev–Trinajstić information content (AvgIpc) is 4.46. The molecule has 7 aliphatic rings. The molecule has 0 radical (unpaired) electrons. The zero-order valence-electron chi connectivity index (χ0n) is 47.0. The molecule has 1 aromatic heterocycles. The lowest BCUT2D eigenvalue weighted by Crippen LogP contribution is -2.61. The zero-order chi connectivity index (χ0) is 58.8. The molecule has 2 saturated heterocycles. The number of hydrogen-bond donors (Lipinski definition) is 6. The number of phenolic OH excluding ortho intramolecular Hbond substituents is 1. The van der Waals surface area contributed by atoms with Crippen LogP contribution in [0.25, 0.3) is 10.9 Å². The van der Waals surface area contributed by atoms with Crippen LogP contribution in [0.1, 0.15) is 127 Å². The number of carbonyl (C=O) groups is 6. The third-order valence-corrected chi connectivity index (χ3v) is 17.0. The van der Waals surface area contributed by atoms with Crippen LogP contribution in [0.5, 0.6) is 17.2 Å². The first kappa shape index (κ1) is 58.3. The Morgan fingerprint density at radius 1 is 0.877 bits per heavy atom. The summed E-state index contributed by atoms with van der Waals surface area (Å²) in [5.41, 5.74) is -2.61. The molecule has 5 bridgehead atoms. The largest absolute Gasteiger partial charge is 0.507 e. The van der Waals surface area contributed by atoms with Crippen LogP contribution in [0, 0.1) is 36.4 Å². The topological polar surface area (TPSA) is 282 Å². The number of halogens is 1. The number of carboxylic acid groups (broad SMARTS) is 1. The number of hydrogen-bond acceptors (Lipinski definition) is 18. The second kappa shape index (κ2) is 22.5. The Labute approximate surface area is 467 Å². The normalized spacial score (nSPS) is 29.4. The first-order chi connectivity index (χ1) is 38.3. The number of methoxy groups -OCH3 is 2. The van der Waals surface area contributed by atoms with E-state index in [1.54, 1.807) is 54.2 Å². The number of aromatic carboxylic acids is 1. The van der Waals surface area contributed by atoms with E-state index < -0.39 is 128 Å². The monoisotopic (exact) mass is 1120 g/mol. The summed E-state index contributed by atoms with van der Waals surface area (Å²) in [5, 5.41) is 50.9. The maximum atomic E-state index is 16.1. The molecule has 2 aromatic carbocycles. The number of likely N-dealkylation sites (tertiary alicyclic amines) is 1. The van der Waals surface area contributed by atoms with E-state index in [1.807, 2.05) is 0 Å². The number of nitrogens with zero attached hydrogens (tertiary/aromatic N) is 3. The number of carboxylic acids is 1. The number of amides is 1. The lowest BCUT2D eigenvalue weighted by atomic mass is 9.78. The molecule has 2 aliphatic carbocycles. The van der Waals surface area contributed by atoms with Gasteiger partial charge in [0.05, 0.1) is 59.3 Å². The molecule has 1 amide bonds. The van der Waals surface area contributed by atoms with Crippen LogP contribution >= 0.6 is 0 Å². The Hall–Kier alpha value is -7.40. The summed E-state index contributed by atoms with van der Waals surface area (Å²) in [6.45, 7) is 13.3. The minimum Gasteiger partial charge on any atom is -0.507 e. The minimum atomic E-state index is -2.16. The summed E-state index contributed by atoms with van der Waals surface area (Å²) in [6.07, 6.45) is 6.82. The van der Waals surface area contributed by atoms with Gasteiger partial charge in [0.1, 0.15) is 40.2 Å². The van der Waals surface area contributed by atoms with Gasteiger partial charge < -0.3 is 69.1 Å². The van der Waals surface area contributed by atoms with Crippen molar-refractivity contribution >= 4 is 51.8 Å². The van der Waals surface area contributed by atoms with Crippen molar-refractivity contribution in [2.45, 2.75) is 129 Å². The molecule has 6 heterocycles. The molecule has 9 atom stereocenters. The SMILES string of the molecule is COc1c(N2CC(NC3CCN(C4=C5NC(=O)/C(C)=C\C=C\[C@H](C)[C@H](O)[C@@H](C)[C@@H](O)[C@@H](C)[C@H](OC(C)=O)[C@H](C)[C@@H](OC)/C=C/O[C@@]6(C)Oc7c(C)c(O)c(c(c7C6=O)C4=O)C5=O)CC3)C2)c(F)cc2c(=O)c(C(=O)O)cn(C3CC3)c12. The highest BCUT2D eigenvalue weighted by atomic mass is 19.1. The Bertz CT molecular complexity index is 3310. The van der Waals surface area contributed by atoms with Gasteiger partial charge in [-0.2, -0.15) is 0 Å². The van der Waals surface area contributed by atoms with Crippen molar-refractivity contribution in [3.63, 3.8) is 0 Å². The van der Waals surface area contributed by atoms with Gasteiger partial charge in [0.15, 0.2) is 11.6 Å². The third kappa shape index (κ3) is 10.5. The van der Waals surface area contributed by atoms with E-state index >= 15 is 14.0 Å². The van der Waals surface area contributed by atoms with Crippen molar-refractivity contribution in [2.24, 2.45) is 23.7 Å². The molecule has 81 heavy (non-hydrogen) atoms. The van der Waals surface area contributed by atoms with Gasteiger partial charge in [-0.3, -0.25) is 28.8 Å². The number of aromatic nitrogens is 1. The number of phenols is 1. The Balaban J connectivity index is 1.01. The van der Waals surface area contributed by atoms with Crippen LogP contribution in [-0.2, 0) is 23.8 Å². The first-order valence-electron chi connectivity index (χ1n) is 27.3. The molecule has 1 saturated carbocycles. The first-order valence-corrected chi connectivity index (χ1v) is 27.3. The molecule has 0 spiro atoms. The number of allylic oxidation sites excluding steroid dienone is 4. The number of Topliss-reactive ketones (excluding diaryl/α,β-unsaturated/α-hetero) is 3. The third-order valence-electron chi connectivity index (χ3n) is 17.0. The number of pyridine rings is 1. The molecule has 22 heteroatoms. The Morgan fingerprint density at radius 2 is 1.56 bits per heavy atom. The van der Waals surface area contributed by atoms with Crippen molar-refractivity contribution < 1.29 is 77.3 Å². The van der Waals surface area contributed by atoms with E-state index in [1.165, 1.54) is 60.3 Å². The molecule has 0 unspecified atom stereocenters. The smallest absolute Gasteiger partial charge is 0.341 e. The minimum absolute atomic E-state index is 0.0443. The second-order valence-electron chi connectivity index (χ2n) is 22.5. The predicted molar refractivity (Wildman–Crippen MR) is 292 cm³/mol. The summed E-state index contributed by atoms with van der Waals surface area (Å²) < 4.78 is 47.4. The highest BCUT2D eigenvalue weighted by molar-refractivity contribution is 6.32. The van der Waals surface area contributed by atoms with Crippen molar-refractivity contribution in [3.8, 4) is 17.2 Å². The van der Waals surface area contributed by atoms with E-state index in [9.17, 15) is 44.4 Å². The fourth-order valence-corrected chi connectivity index (χ4v) is 12.1. The van der Waals surface area contributed by atoms with Gasteiger partial charge in [-0.1, -0.05) is 45.9 Å². The van der Waals surface area contributed by atoms with E-state index in [4.69, 9.17) is 23.7 Å². The fraction of sp³-hybridized carbons (Fsp3) is 0.508. The number of rotatable bonds is 9. The van der Waals surface area contributed by atoms with Crippen LogP contribution in [0.4, 0.5) is 10.1 Å². The highest BCUT2D eigenvalue weighted by Gasteiger charge is 2.53. The number of ketones is 3. The molecular formula is C59H70FN5O16. The van der Waals surface area contributed by atoms with Gasteiger partial charge in [-0.05, 0) is 51.7 Å². The van der Waals surface area contributed by atoms with Gasteiger partial charge in [-0.15, -0.1) is 0 Å². The number of aliphatic hydroxyl groups is 2. The van der Waals surface area contributed by atoms with Crippen LogP contribution < -0.4 is 30.4 Å².